The Morgan fingerprint density at radius 2 is 1.74 bits per heavy atom. The van der Waals surface area contributed by atoms with Crippen LogP contribution in [0.2, 0.25) is 10.0 Å². The van der Waals surface area contributed by atoms with Crippen LogP contribution in [0.1, 0.15) is 29.8 Å². The van der Waals surface area contributed by atoms with Crippen molar-refractivity contribution in [2.45, 2.75) is 25.2 Å². The number of aryl methyl sites for hydroxylation is 1. The highest BCUT2D eigenvalue weighted by Crippen LogP contribution is 2.40. The molecule has 0 radical (unpaired) electrons. The van der Waals surface area contributed by atoms with Gasteiger partial charge in [-0.2, -0.15) is 13.5 Å². The predicted molar refractivity (Wildman–Crippen MR) is 151 cm³/mol. The quantitative estimate of drug-likeness (QED) is 0.142. The molecule has 0 atom stereocenters. The maximum Gasteiger partial charge on any atom is 0.296 e. The predicted octanol–water partition coefficient (Wildman–Crippen LogP) is 7.73. The summed E-state index contributed by atoms with van der Waals surface area (Å²) in [5.74, 6) is -0.554. The van der Waals surface area contributed by atoms with Crippen molar-refractivity contribution in [3.63, 3.8) is 0 Å². The Labute approximate surface area is 234 Å². The van der Waals surface area contributed by atoms with Crippen molar-refractivity contribution in [1.82, 2.24) is 0 Å². The first kappa shape index (κ1) is 28.3. The van der Waals surface area contributed by atoms with Crippen LogP contribution in [0.15, 0.2) is 75.8 Å². The number of phenolic OH excluding ortho intramolecular Hbond substituents is 1. The van der Waals surface area contributed by atoms with Crippen LogP contribution < -0.4 is 10.1 Å². The number of nitrogens with zero attached hydrogens (tertiary/aromatic N) is 2. The van der Waals surface area contributed by atoms with E-state index in [9.17, 15) is 22.9 Å². The van der Waals surface area contributed by atoms with Crippen molar-refractivity contribution in [3.8, 4) is 11.5 Å². The zero-order valence-electron chi connectivity index (χ0n) is 20.8. The summed E-state index contributed by atoms with van der Waals surface area (Å²) in [6, 6.07) is 16.0. The van der Waals surface area contributed by atoms with Crippen LogP contribution in [0.5, 0.6) is 11.5 Å². The molecular formula is C27H23Cl2N3O6S. The van der Waals surface area contributed by atoms with Crippen LogP contribution in [0, 0.1) is 0 Å². The van der Waals surface area contributed by atoms with Crippen molar-refractivity contribution < 1.29 is 27.6 Å². The molecule has 3 N–H and O–H groups in total. The maximum absolute atomic E-state index is 13.2. The molecule has 0 unspecified atom stereocenters. The van der Waals surface area contributed by atoms with Gasteiger partial charge >= 0.3 is 0 Å². The van der Waals surface area contributed by atoms with Gasteiger partial charge in [-0.1, -0.05) is 54.4 Å². The zero-order chi connectivity index (χ0) is 28.3. The second kappa shape index (κ2) is 11.6. The van der Waals surface area contributed by atoms with Gasteiger partial charge in [-0.15, -0.1) is 5.11 Å². The van der Waals surface area contributed by atoms with E-state index in [2.05, 4.69) is 15.5 Å². The third kappa shape index (κ3) is 6.15. The Hall–Kier alpha value is -3.70. The van der Waals surface area contributed by atoms with Gasteiger partial charge in [-0.3, -0.25) is 9.35 Å². The first-order valence-corrected chi connectivity index (χ1v) is 13.9. The number of ether oxygens (including phenoxy) is 1. The minimum absolute atomic E-state index is 0.0143. The average molecular weight is 588 g/mol. The summed E-state index contributed by atoms with van der Waals surface area (Å²) in [6.45, 7) is 3.95. The van der Waals surface area contributed by atoms with E-state index in [0.717, 1.165) is 0 Å². The third-order valence-corrected chi connectivity index (χ3v) is 7.48. The van der Waals surface area contributed by atoms with Gasteiger partial charge in [-0.25, -0.2) is 0 Å². The number of carbonyl (C=O) groups excluding carboxylic acids is 1. The standard InChI is InChI=1S/C27H23Cl2N3O6S/c1-3-15-11-17(13-22(29)26(15)39(35,36)37)31-32-24-19-8-6-5-7-16(19)12-20(25(24)33)27(34)30-23-14-18(38-4-2)9-10-21(23)28/h5-14,33H,3-4H2,1-2H3,(H,30,34)(H,35,36,37). The fourth-order valence-corrected chi connectivity index (χ4v) is 5.52. The van der Waals surface area contributed by atoms with Crippen LogP contribution in [-0.4, -0.2) is 30.6 Å². The number of rotatable bonds is 8. The number of hydrogen-bond acceptors (Lipinski definition) is 7. The number of fused-ring (bicyclic) bond motifs is 1. The second-order valence-corrected chi connectivity index (χ2v) is 10.5. The largest absolute Gasteiger partial charge is 0.505 e. The van der Waals surface area contributed by atoms with E-state index in [-0.39, 0.29) is 39.0 Å². The maximum atomic E-state index is 13.2. The van der Waals surface area contributed by atoms with Crippen LogP contribution in [0.25, 0.3) is 10.8 Å². The van der Waals surface area contributed by atoms with Crippen molar-refractivity contribution in [2.75, 3.05) is 11.9 Å². The SMILES string of the molecule is CCOc1ccc(Cl)c(NC(=O)c2cc3ccccc3c(N=Nc3cc(Cl)c(S(=O)(=O)O)c(CC)c3)c2O)c1. The van der Waals surface area contributed by atoms with Crippen molar-refractivity contribution in [3.05, 3.63) is 81.8 Å². The molecule has 4 aromatic rings. The van der Waals surface area contributed by atoms with E-state index in [4.69, 9.17) is 27.9 Å². The molecule has 9 nitrogen and oxygen atoms in total. The normalized spacial score (nSPS) is 11.7. The number of azo groups is 1. The van der Waals surface area contributed by atoms with E-state index < -0.39 is 26.7 Å². The van der Waals surface area contributed by atoms with Gasteiger partial charge in [-0.05, 0) is 54.6 Å². The van der Waals surface area contributed by atoms with Gasteiger partial charge in [0.05, 0.1) is 33.6 Å². The zero-order valence-corrected chi connectivity index (χ0v) is 23.1. The number of benzene rings is 4. The van der Waals surface area contributed by atoms with Crippen LogP contribution in [0.3, 0.4) is 0 Å². The molecule has 0 saturated heterocycles. The number of phenols is 1. The lowest BCUT2D eigenvalue weighted by molar-refractivity contribution is 0.102. The topological polar surface area (TPSA) is 138 Å². The number of hydrogen-bond donors (Lipinski definition) is 3. The van der Waals surface area contributed by atoms with Crippen molar-refractivity contribution in [2.24, 2.45) is 10.2 Å². The van der Waals surface area contributed by atoms with E-state index in [1.807, 2.05) is 6.92 Å². The lowest BCUT2D eigenvalue weighted by Crippen LogP contribution is -2.12. The molecule has 4 rings (SSSR count). The van der Waals surface area contributed by atoms with Crippen LogP contribution in [-0.2, 0) is 16.5 Å². The van der Waals surface area contributed by atoms with E-state index in [1.165, 1.54) is 18.2 Å². The minimum Gasteiger partial charge on any atom is -0.505 e. The lowest BCUT2D eigenvalue weighted by atomic mass is 10.0. The molecule has 0 spiro atoms. The van der Waals surface area contributed by atoms with Gasteiger partial charge in [0.2, 0.25) is 0 Å². The summed E-state index contributed by atoms with van der Waals surface area (Å²) >= 11 is 12.4. The Kier molecular flexibility index (Phi) is 8.41. The molecular weight excluding hydrogens is 565 g/mol. The Morgan fingerprint density at radius 1 is 1.00 bits per heavy atom. The number of halogens is 2. The summed E-state index contributed by atoms with van der Waals surface area (Å²) in [5.41, 5.74) is 0.661. The highest BCUT2D eigenvalue weighted by Gasteiger charge is 2.22. The Bertz CT molecular complexity index is 1720. The number of carbonyl (C=O) groups is 1. The molecule has 0 fully saturated rings. The third-order valence-electron chi connectivity index (χ3n) is 5.75. The smallest absolute Gasteiger partial charge is 0.296 e. The summed E-state index contributed by atoms with van der Waals surface area (Å²) < 4.78 is 38.5. The van der Waals surface area contributed by atoms with Gasteiger partial charge in [0.25, 0.3) is 16.0 Å². The molecule has 0 bridgehead atoms. The first-order valence-electron chi connectivity index (χ1n) is 11.7. The molecule has 12 heteroatoms. The summed E-state index contributed by atoms with van der Waals surface area (Å²) in [5, 5.41) is 23.3. The first-order chi connectivity index (χ1) is 18.5. The monoisotopic (exact) mass is 587 g/mol. The molecule has 1 amide bonds. The molecule has 202 valence electrons. The van der Waals surface area contributed by atoms with Crippen LogP contribution >= 0.6 is 23.2 Å². The molecule has 0 aliphatic carbocycles. The van der Waals surface area contributed by atoms with Gasteiger partial charge in [0.15, 0.2) is 5.75 Å². The van der Waals surface area contributed by atoms with E-state index >= 15 is 0 Å². The fraction of sp³-hybridized carbons (Fsp3) is 0.148. The van der Waals surface area contributed by atoms with E-state index in [0.29, 0.717) is 28.8 Å². The molecule has 0 aliphatic rings. The number of amides is 1. The molecule has 0 aliphatic heterocycles. The molecule has 0 saturated carbocycles. The minimum atomic E-state index is -4.55. The molecule has 0 aromatic heterocycles. The fourth-order valence-electron chi connectivity index (χ4n) is 3.99. The lowest BCUT2D eigenvalue weighted by Gasteiger charge is -2.13. The number of nitrogens with one attached hydrogen (secondary N) is 1. The number of aromatic hydroxyl groups is 1. The Morgan fingerprint density at radius 3 is 2.44 bits per heavy atom. The van der Waals surface area contributed by atoms with Crippen LogP contribution in [0.4, 0.5) is 17.1 Å². The highest BCUT2D eigenvalue weighted by atomic mass is 35.5. The van der Waals surface area contributed by atoms with E-state index in [1.54, 1.807) is 49.4 Å². The van der Waals surface area contributed by atoms with Crippen molar-refractivity contribution in [1.29, 1.82) is 0 Å². The van der Waals surface area contributed by atoms with Gasteiger partial charge in [0, 0.05) is 11.5 Å². The second-order valence-electron chi connectivity index (χ2n) is 8.32. The van der Waals surface area contributed by atoms with Crippen molar-refractivity contribution >= 4 is 67.1 Å². The average Bonchev–Trinajstić information content (AvgIpc) is 2.88. The van der Waals surface area contributed by atoms with Gasteiger partial charge in [0.1, 0.15) is 16.3 Å². The molecule has 0 heterocycles. The Balaban J connectivity index is 1.78. The van der Waals surface area contributed by atoms with Gasteiger partial charge < -0.3 is 15.2 Å². The molecule has 4 aromatic carbocycles. The summed E-state index contributed by atoms with van der Waals surface area (Å²) in [6.07, 6.45) is 0.245. The number of anilines is 1. The summed E-state index contributed by atoms with van der Waals surface area (Å²) in [7, 11) is -4.55. The summed E-state index contributed by atoms with van der Waals surface area (Å²) in [4.78, 5) is 12.8. The highest BCUT2D eigenvalue weighted by molar-refractivity contribution is 7.86. The molecule has 39 heavy (non-hydrogen) atoms.